The Morgan fingerprint density at radius 2 is 1.86 bits per heavy atom. The highest BCUT2D eigenvalue weighted by Crippen LogP contribution is 2.20. The summed E-state index contributed by atoms with van der Waals surface area (Å²) < 4.78 is 0. The predicted octanol–water partition coefficient (Wildman–Crippen LogP) is 4.27. The number of hydrogen-bond acceptors (Lipinski definition) is 2. The lowest BCUT2D eigenvalue weighted by molar-refractivity contribution is -0.119. The second-order valence-electron chi connectivity index (χ2n) is 5.25. The van der Waals surface area contributed by atoms with Crippen molar-refractivity contribution in [1.29, 1.82) is 0 Å². The Morgan fingerprint density at radius 3 is 2.52 bits per heavy atom. The van der Waals surface area contributed by atoms with Crippen molar-refractivity contribution < 1.29 is 4.79 Å². The van der Waals surface area contributed by atoms with Gasteiger partial charge in [-0.25, -0.2) is 0 Å². The predicted molar refractivity (Wildman–Crippen MR) is 89.6 cm³/mol. The van der Waals surface area contributed by atoms with Gasteiger partial charge in [-0.1, -0.05) is 42.0 Å². The number of aryl methyl sites for hydroxylation is 2. The van der Waals surface area contributed by atoms with E-state index >= 15 is 0 Å². The van der Waals surface area contributed by atoms with Crippen molar-refractivity contribution >= 4 is 17.7 Å². The van der Waals surface area contributed by atoms with E-state index in [0.29, 0.717) is 5.75 Å². The molecule has 0 fully saturated rings. The SMILES string of the molecule is Cc1ccc(C(C)NC(=O)CSc2ccccc2)c(C)c1. The van der Waals surface area contributed by atoms with E-state index in [-0.39, 0.29) is 11.9 Å². The van der Waals surface area contributed by atoms with Gasteiger partial charge in [-0.3, -0.25) is 4.79 Å². The molecule has 0 heterocycles. The van der Waals surface area contributed by atoms with Gasteiger partial charge in [0.05, 0.1) is 11.8 Å². The Hall–Kier alpha value is -1.74. The van der Waals surface area contributed by atoms with E-state index in [2.05, 4.69) is 37.4 Å². The van der Waals surface area contributed by atoms with E-state index in [0.717, 1.165) is 4.90 Å². The fourth-order valence-corrected chi connectivity index (χ4v) is 3.07. The van der Waals surface area contributed by atoms with E-state index in [1.54, 1.807) is 11.8 Å². The van der Waals surface area contributed by atoms with E-state index in [9.17, 15) is 4.79 Å². The Labute approximate surface area is 131 Å². The number of benzene rings is 2. The van der Waals surface area contributed by atoms with Crippen LogP contribution in [-0.2, 0) is 4.79 Å². The third-order valence-electron chi connectivity index (χ3n) is 3.38. The molecule has 0 saturated carbocycles. The summed E-state index contributed by atoms with van der Waals surface area (Å²) in [6.07, 6.45) is 0. The van der Waals surface area contributed by atoms with Gasteiger partial charge in [0.1, 0.15) is 0 Å². The van der Waals surface area contributed by atoms with Gasteiger partial charge >= 0.3 is 0 Å². The summed E-state index contributed by atoms with van der Waals surface area (Å²) in [4.78, 5) is 13.2. The minimum atomic E-state index is 0.0365. The lowest BCUT2D eigenvalue weighted by Gasteiger charge is -2.17. The van der Waals surface area contributed by atoms with Crippen LogP contribution in [0.2, 0.25) is 0 Å². The maximum atomic E-state index is 12.0. The zero-order chi connectivity index (χ0) is 15.2. The van der Waals surface area contributed by atoms with Crippen LogP contribution < -0.4 is 5.32 Å². The largest absolute Gasteiger partial charge is 0.349 e. The first-order valence-electron chi connectivity index (χ1n) is 7.10. The van der Waals surface area contributed by atoms with Crippen molar-refractivity contribution in [3.8, 4) is 0 Å². The number of thioether (sulfide) groups is 1. The highest BCUT2D eigenvalue weighted by Gasteiger charge is 2.11. The van der Waals surface area contributed by atoms with Gasteiger partial charge in [-0.15, -0.1) is 11.8 Å². The minimum absolute atomic E-state index is 0.0365. The molecular formula is C18H21NOS. The summed E-state index contributed by atoms with van der Waals surface area (Å²) in [7, 11) is 0. The lowest BCUT2D eigenvalue weighted by Crippen LogP contribution is -2.28. The molecule has 3 heteroatoms. The van der Waals surface area contributed by atoms with Crippen LogP contribution in [0.4, 0.5) is 0 Å². The summed E-state index contributed by atoms with van der Waals surface area (Å²) in [6, 6.07) is 16.4. The molecule has 1 amide bonds. The molecule has 2 aromatic carbocycles. The van der Waals surface area contributed by atoms with Gasteiger partial charge < -0.3 is 5.32 Å². The smallest absolute Gasteiger partial charge is 0.230 e. The normalized spacial score (nSPS) is 12.0. The molecule has 1 unspecified atom stereocenters. The van der Waals surface area contributed by atoms with E-state index in [1.807, 2.05) is 37.3 Å². The summed E-state index contributed by atoms with van der Waals surface area (Å²) in [5, 5.41) is 3.07. The molecule has 2 aromatic rings. The Morgan fingerprint density at radius 1 is 1.14 bits per heavy atom. The van der Waals surface area contributed by atoms with Crippen molar-refractivity contribution in [2.24, 2.45) is 0 Å². The highest BCUT2D eigenvalue weighted by molar-refractivity contribution is 8.00. The molecule has 2 nitrogen and oxygen atoms in total. The summed E-state index contributed by atoms with van der Waals surface area (Å²) in [6.45, 7) is 6.20. The van der Waals surface area contributed by atoms with Gasteiger partial charge in [0.25, 0.3) is 0 Å². The standard InChI is InChI=1S/C18H21NOS/c1-13-9-10-17(14(2)11-13)15(3)19-18(20)12-21-16-7-5-4-6-8-16/h4-11,15H,12H2,1-3H3,(H,19,20). The second-order valence-corrected chi connectivity index (χ2v) is 6.30. The molecule has 0 aliphatic rings. The minimum Gasteiger partial charge on any atom is -0.349 e. The molecular weight excluding hydrogens is 278 g/mol. The second kappa shape index (κ2) is 7.32. The number of hydrogen-bond donors (Lipinski definition) is 1. The fraction of sp³-hybridized carbons (Fsp3) is 0.278. The average molecular weight is 299 g/mol. The van der Waals surface area contributed by atoms with Gasteiger partial charge in [0, 0.05) is 4.90 Å². The number of rotatable bonds is 5. The molecule has 1 N–H and O–H groups in total. The summed E-state index contributed by atoms with van der Waals surface area (Å²) in [5.74, 6) is 0.510. The number of nitrogens with one attached hydrogen (secondary N) is 1. The topological polar surface area (TPSA) is 29.1 Å². The van der Waals surface area contributed by atoms with E-state index in [1.165, 1.54) is 16.7 Å². The number of carbonyl (C=O) groups excluding carboxylic acids is 1. The van der Waals surface area contributed by atoms with Crippen LogP contribution in [0, 0.1) is 13.8 Å². The van der Waals surface area contributed by atoms with Crippen LogP contribution in [0.5, 0.6) is 0 Å². The molecule has 0 radical (unpaired) electrons. The van der Waals surface area contributed by atoms with Crippen LogP contribution in [0.25, 0.3) is 0 Å². The van der Waals surface area contributed by atoms with Crippen LogP contribution >= 0.6 is 11.8 Å². The molecule has 0 spiro atoms. The van der Waals surface area contributed by atoms with Crippen LogP contribution in [0.1, 0.15) is 29.7 Å². The Bertz CT molecular complexity index is 610. The first-order chi connectivity index (χ1) is 10.1. The molecule has 0 aliphatic carbocycles. The number of amides is 1. The molecule has 2 rings (SSSR count). The third kappa shape index (κ3) is 4.64. The summed E-state index contributed by atoms with van der Waals surface area (Å²) >= 11 is 1.56. The molecule has 1 atom stereocenters. The molecule has 0 bridgehead atoms. The van der Waals surface area contributed by atoms with Crippen LogP contribution in [0.15, 0.2) is 53.4 Å². The average Bonchev–Trinajstić information content (AvgIpc) is 2.46. The van der Waals surface area contributed by atoms with Crippen molar-refractivity contribution in [3.05, 3.63) is 65.2 Å². The fourth-order valence-electron chi connectivity index (χ4n) is 2.34. The summed E-state index contributed by atoms with van der Waals surface area (Å²) in [5.41, 5.74) is 3.64. The van der Waals surface area contributed by atoms with Crippen molar-refractivity contribution in [3.63, 3.8) is 0 Å². The van der Waals surface area contributed by atoms with Gasteiger partial charge in [0.15, 0.2) is 0 Å². The molecule has 0 aliphatic heterocycles. The quantitative estimate of drug-likeness (QED) is 0.835. The van der Waals surface area contributed by atoms with Crippen molar-refractivity contribution in [2.75, 3.05) is 5.75 Å². The molecule has 21 heavy (non-hydrogen) atoms. The zero-order valence-corrected chi connectivity index (χ0v) is 13.5. The van der Waals surface area contributed by atoms with Crippen LogP contribution in [0.3, 0.4) is 0 Å². The van der Waals surface area contributed by atoms with Crippen LogP contribution in [-0.4, -0.2) is 11.7 Å². The number of carbonyl (C=O) groups is 1. The van der Waals surface area contributed by atoms with E-state index < -0.39 is 0 Å². The highest BCUT2D eigenvalue weighted by atomic mass is 32.2. The molecule has 0 aromatic heterocycles. The van der Waals surface area contributed by atoms with Crippen molar-refractivity contribution in [2.45, 2.75) is 31.7 Å². The van der Waals surface area contributed by atoms with Gasteiger partial charge in [-0.2, -0.15) is 0 Å². The monoisotopic (exact) mass is 299 g/mol. The zero-order valence-electron chi connectivity index (χ0n) is 12.7. The molecule has 0 saturated heterocycles. The van der Waals surface area contributed by atoms with Gasteiger partial charge in [0.2, 0.25) is 5.91 Å². The maximum Gasteiger partial charge on any atom is 0.230 e. The maximum absolute atomic E-state index is 12.0. The Kier molecular flexibility index (Phi) is 5.45. The van der Waals surface area contributed by atoms with E-state index in [4.69, 9.17) is 0 Å². The van der Waals surface area contributed by atoms with Gasteiger partial charge in [-0.05, 0) is 44.0 Å². The lowest BCUT2D eigenvalue weighted by atomic mass is 10.0. The molecule has 110 valence electrons. The van der Waals surface area contributed by atoms with Crippen molar-refractivity contribution in [1.82, 2.24) is 5.32 Å². The first-order valence-corrected chi connectivity index (χ1v) is 8.09. The third-order valence-corrected chi connectivity index (χ3v) is 4.39. The first kappa shape index (κ1) is 15.6. The Balaban J connectivity index is 1.90.